The second kappa shape index (κ2) is 3.02. The summed E-state index contributed by atoms with van der Waals surface area (Å²) in [5, 5.41) is 0. The molecule has 1 nitrogen and oxygen atoms in total. The minimum absolute atomic E-state index is 0.0857. The number of rotatable bonds is 1. The quantitative estimate of drug-likeness (QED) is 0.641. The molecule has 0 radical (unpaired) electrons. The molecule has 2 atom stereocenters. The van der Waals surface area contributed by atoms with E-state index in [-0.39, 0.29) is 5.54 Å². The molecular weight excluding hydrogens is 146 g/mol. The average molecular weight is 169 g/mol. The highest BCUT2D eigenvalue weighted by molar-refractivity contribution is 4.94. The monoisotopic (exact) mass is 169 g/mol. The van der Waals surface area contributed by atoms with Crippen molar-refractivity contribution in [2.45, 2.75) is 58.9 Å². The Morgan fingerprint density at radius 3 is 2.25 bits per heavy atom. The van der Waals surface area contributed by atoms with E-state index >= 15 is 0 Å². The molecule has 0 spiro atoms. The van der Waals surface area contributed by atoms with Crippen molar-refractivity contribution in [3.8, 4) is 0 Å². The minimum Gasteiger partial charge on any atom is -0.325 e. The Bertz CT molecular complexity index is 142. The van der Waals surface area contributed by atoms with Crippen molar-refractivity contribution in [3.63, 3.8) is 0 Å². The molecule has 2 N–H and O–H groups in total. The van der Waals surface area contributed by atoms with Gasteiger partial charge in [0.05, 0.1) is 0 Å². The maximum atomic E-state index is 6.22. The van der Waals surface area contributed by atoms with Gasteiger partial charge in [-0.05, 0) is 37.5 Å². The maximum absolute atomic E-state index is 6.22. The third kappa shape index (κ3) is 2.48. The van der Waals surface area contributed by atoms with Crippen LogP contribution in [0.25, 0.3) is 0 Å². The van der Waals surface area contributed by atoms with E-state index in [1.807, 2.05) is 0 Å². The summed E-state index contributed by atoms with van der Waals surface area (Å²) in [6.07, 6.45) is 5.04. The first-order chi connectivity index (χ1) is 5.35. The predicted octanol–water partition coefficient (Wildman–Crippen LogP) is 2.94. The van der Waals surface area contributed by atoms with Crippen molar-refractivity contribution in [2.75, 3.05) is 0 Å². The fourth-order valence-electron chi connectivity index (χ4n) is 3.04. The Hall–Kier alpha value is -0.0400. The second-order valence-corrected chi connectivity index (χ2v) is 5.68. The maximum Gasteiger partial charge on any atom is 0.0133 e. The average Bonchev–Trinajstić information content (AvgIpc) is 1.80. The smallest absolute Gasteiger partial charge is 0.0133 e. The van der Waals surface area contributed by atoms with Gasteiger partial charge in [-0.1, -0.05) is 27.2 Å². The van der Waals surface area contributed by atoms with E-state index in [2.05, 4.69) is 27.7 Å². The van der Waals surface area contributed by atoms with Gasteiger partial charge in [0.25, 0.3) is 0 Å². The van der Waals surface area contributed by atoms with Gasteiger partial charge in [0.1, 0.15) is 0 Å². The van der Waals surface area contributed by atoms with E-state index in [9.17, 15) is 0 Å². The molecule has 1 fully saturated rings. The van der Waals surface area contributed by atoms with Gasteiger partial charge in [-0.3, -0.25) is 0 Å². The van der Waals surface area contributed by atoms with Crippen LogP contribution in [0, 0.1) is 11.3 Å². The van der Waals surface area contributed by atoms with Crippen molar-refractivity contribution in [1.82, 2.24) is 0 Å². The minimum atomic E-state index is 0.0857. The highest BCUT2D eigenvalue weighted by Gasteiger charge is 2.37. The molecule has 0 aromatic carbocycles. The van der Waals surface area contributed by atoms with Gasteiger partial charge < -0.3 is 5.73 Å². The van der Waals surface area contributed by atoms with Crippen LogP contribution >= 0.6 is 0 Å². The molecule has 0 aliphatic heterocycles. The zero-order chi connectivity index (χ0) is 9.41. The van der Waals surface area contributed by atoms with Crippen LogP contribution < -0.4 is 5.73 Å². The van der Waals surface area contributed by atoms with Gasteiger partial charge in [0, 0.05) is 5.54 Å². The van der Waals surface area contributed by atoms with Gasteiger partial charge in [-0.2, -0.15) is 0 Å². The molecule has 12 heavy (non-hydrogen) atoms. The third-order valence-corrected chi connectivity index (χ3v) is 3.06. The summed E-state index contributed by atoms with van der Waals surface area (Å²) in [7, 11) is 0. The molecule has 1 rings (SSSR count). The molecule has 1 heteroatoms. The van der Waals surface area contributed by atoms with E-state index < -0.39 is 0 Å². The zero-order valence-corrected chi connectivity index (χ0v) is 8.98. The molecule has 0 aromatic rings. The summed E-state index contributed by atoms with van der Waals surface area (Å²) in [6.45, 7) is 9.18. The van der Waals surface area contributed by atoms with Crippen LogP contribution in [-0.4, -0.2) is 5.54 Å². The van der Waals surface area contributed by atoms with Crippen LogP contribution in [0.3, 0.4) is 0 Å². The summed E-state index contributed by atoms with van der Waals surface area (Å²) in [6, 6.07) is 0. The summed E-state index contributed by atoms with van der Waals surface area (Å²) in [5.41, 5.74) is 6.77. The van der Waals surface area contributed by atoms with Gasteiger partial charge >= 0.3 is 0 Å². The summed E-state index contributed by atoms with van der Waals surface area (Å²) >= 11 is 0. The first kappa shape index (κ1) is 10.0. The highest BCUT2D eigenvalue weighted by Crippen LogP contribution is 2.43. The van der Waals surface area contributed by atoms with E-state index in [1.54, 1.807) is 0 Å². The van der Waals surface area contributed by atoms with Gasteiger partial charge in [0.2, 0.25) is 0 Å². The first-order valence-corrected chi connectivity index (χ1v) is 5.13. The van der Waals surface area contributed by atoms with E-state index in [0.717, 1.165) is 5.92 Å². The Morgan fingerprint density at radius 1 is 1.25 bits per heavy atom. The molecule has 0 amide bonds. The van der Waals surface area contributed by atoms with Crippen LogP contribution in [0.1, 0.15) is 53.4 Å². The fraction of sp³-hybridized carbons (Fsp3) is 1.00. The Labute approximate surface area is 76.7 Å². The summed E-state index contributed by atoms with van der Waals surface area (Å²) in [5.74, 6) is 0.851. The van der Waals surface area contributed by atoms with Crippen LogP contribution in [0.2, 0.25) is 0 Å². The molecule has 0 bridgehead atoms. The number of hydrogen-bond donors (Lipinski definition) is 1. The van der Waals surface area contributed by atoms with Crippen molar-refractivity contribution in [3.05, 3.63) is 0 Å². The van der Waals surface area contributed by atoms with Crippen molar-refractivity contribution >= 4 is 0 Å². The largest absolute Gasteiger partial charge is 0.325 e. The molecule has 1 unspecified atom stereocenters. The standard InChI is InChI=1S/C11H23N/c1-5-9-6-10(2,3)8-11(4,12)7-9/h9H,5-8,12H2,1-4H3/t9?,11-/m1/s1. The van der Waals surface area contributed by atoms with Gasteiger partial charge in [-0.25, -0.2) is 0 Å². The van der Waals surface area contributed by atoms with E-state index in [0.29, 0.717) is 5.41 Å². The Balaban J connectivity index is 2.66. The first-order valence-electron chi connectivity index (χ1n) is 5.13. The summed E-state index contributed by atoms with van der Waals surface area (Å²) in [4.78, 5) is 0. The molecule has 1 aliphatic rings. The van der Waals surface area contributed by atoms with E-state index in [4.69, 9.17) is 5.73 Å². The molecule has 0 heterocycles. The van der Waals surface area contributed by atoms with Gasteiger partial charge in [0.15, 0.2) is 0 Å². The lowest BCUT2D eigenvalue weighted by Crippen LogP contribution is -2.47. The van der Waals surface area contributed by atoms with Crippen LogP contribution in [0.5, 0.6) is 0 Å². The lowest BCUT2D eigenvalue weighted by atomic mass is 9.64. The topological polar surface area (TPSA) is 26.0 Å². The molecular formula is C11H23N. The van der Waals surface area contributed by atoms with Crippen LogP contribution in [0.4, 0.5) is 0 Å². The van der Waals surface area contributed by atoms with Crippen molar-refractivity contribution in [2.24, 2.45) is 17.1 Å². The molecule has 1 saturated carbocycles. The predicted molar refractivity (Wildman–Crippen MR) is 54.0 cm³/mol. The third-order valence-electron chi connectivity index (χ3n) is 3.06. The fourth-order valence-corrected chi connectivity index (χ4v) is 3.04. The number of nitrogens with two attached hydrogens (primary N) is 1. The molecule has 0 aromatic heterocycles. The summed E-state index contributed by atoms with van der Waals surface area (Å²) < 4.78 is 0. The second-order valence-electron chi connectivity index (χ2n) is 5.68. The SMILES string of the molecule is CCC1CC(C)(C)C[C@](C)(N)C1. The van der Waals surface area contributed by atoms with E-state index in [1.165, 1.54) is 25.7 Å². The molecule has 0 saturated heterocycles. The molecule has 1 aliphatic carbocycles. The normalized spacial score (nSPS) is 41.2. The van der Waals surface area contributed by atoms with Crippen molar-refractivity contribution < 1.29 is 0 Å². The van der Waals surface area contributed by atoms with Crippen LogP contribution in [-0.2, 0) is 0 Å². The number of hydrogen-bond acceptors (Lipinski definition) is 1. The Kier molecular flexibility index (Phi) is 2.53. The van der Waals surface area contributed by atoms with Crippen LogP contribution in [0.15, 0.2) is 0 Å². The lowest BCUT2D eigenvalue weighted by molar-refractivity contribution is 0.108. The zero-order valence-electron chi connectivity index (χ0n) is 8.98. The van der Waals surface area contributed by atoms with Crippen molar-refractivity contribution in [1.29, 1.82) is 0 Å². The Morgan fingerprint density at radius 2 is 1.83 bits per heavy atom. The van der Waals surface area contributed by atoms with Gasteiger partial charge in [-0.15, -0.1) is 0 Å². The molecule has 72 valence electrons. The lowest BCUT2D eigenvalue weighted by Gasteiger charge is -2.44. The highest BCUT2D eigenvalue weighted by atomic mass is 14.7.